The van der Waals surface area contributed by atoms with Crippen molar-refractivity contribution in [3.8, 4) is 0 Å². The zero-order chi connectivity index (χ0) is 11.8. The fraction of sp³-hybridized carbons (Fsp3) is 1.00. The number of hydrogen-bond acceptors (Lipinski definition) is 1. The highest BCUT2D eigenvalue weighted by Gasteiger charge is 2.46. The molecule has 0 N–H and O–H groups in total. The van der Waals surface area contributed by atoms with Crippen LogP contribution in [-0.2, 0) is 4.74 Å². The van der Waals surface area contributed by atoms with E-state index in [4.69, 9.17) is 4.74 Å². The standard InChI is InChI=1S/C14H28O/c1-8-12-14(6,7)11(5)10(4)13(15-12)9(2)3/h9-13H,8H2,1-7H3/t10-,11?,12?,13?/m1/s1. The lowest BCUT2D eigenvalue weighted by atomic mass is 9.64. The van der Waals surface area contributed by atoms with Crippen molar-refractivity contribution < 1.29 is 4.74 Å². The average molecular weight is 212 g/mol. The van der Waals surface area contributed by atoms with Gasteiger partial charge in [0, 0.05) is 0 Å². The lowest BCUT2D eigenvalue weighted by molar-refractivity contribution is -0.186. The maximum Gasteiger partial charge on any atom is 0.0630 e. The summed E-state index contributed by atoms with van der Waals surface area (Å²) in [4.78, 5) is 0. The molecule has 1 heterocycles. The van der Waals surface area contributed by atoms with E-state index in [0.717, 1.165) is 12.3 Å². The summed E-state index contributed by atoms with van der Waals surface area (Å²) in [6.07, 6.45) is 2.00. The van der Waals surface area contributed by atoms with Gasteiger partial charge in [-0.2, -0.15) is 0 Å². The lowest BCUT2D eigenvalue weighted by Gasteiger charge is -2.51. The molecule has 0 radical (unpaired) electrons. The molecule has 0 aromatic carbocycles. The molecule has 4 atom stereocenters. The predicted molar refractivity (Wildman–Crippen MR) is 65.9 cm³/mol. The zero-order valence-electron chi connectivity index (χ0n) is 11.5. The Kier molecular flexibility index (Phi) is 3.86. The van der Waals surface area contributed by atoms with Crippen LogP contribution in [0.3, 0.4) is 0 Å². The first kappa shape index (κ1) is 13.0. The Morgan fingerprint density at radius 3 is 2.13 bits per heavy atom. The minimum Gasteiger partial charge on any atom is -0.374 e. The highest BCUT2D eigenvalue weighted by molar-refractivity contribution is 4.94. The Morgan fingerprint density at radius 2 is 1.73 bits per heavy atom. The molecule has 0 aromatic rings. The van der Waals surface area contributed by atoms with Crippen molar-refractivity contribution in [1.29, 1.82) is 0 Å². The first-order valence-corrected chi connectivity index (χ1v) is 6.47. The maximum atomic E-state index is 6.29. The van der Waals surface area contributed by atoms with Crippen molar-refractivity contribution in [3.63, 3.8) is 0 Å². The van der Waals surface area contributed by atoms with Crippen LogP contribution in [0, 0.1) is 23.2 Å². The van der Waals surface area contributed by atoms with Crippen molar-refractivity contribution in [2.45, 2.75) is 67.1 Å². The number of rotatable bonds is 2. The van der Waals surface area contributed by atoms with Crippen molar-refractivity contribution >= 4 is 0 Å². The second-order valence-electron chi connectivity index (χ2n) is 6.21. The Morgan fingerprint density at radius 1 is 1.20 bits per heavy atom. The third kappa shape index (κ3) is 2.22. The van der Waals surface area contributed by atoms with E-state index in [2.05, 4.69) is 48.5 Å². The topological polar surface area (TPSA) is 9.23 Å². The van der Waals surface area contributed by atoms with Gasteiger partial charge >= 0.3 is 0 Å². The summed E-state index contributed by atoms with van der Waals surface area (Å²) < 4.78 is 6.29. The second-order valence-corrected chi connectivity index (χ2v) is 6.21. The van der Waals surface area contributed by atoms with Gasteiger partial charge in [0.2, 0.25) is 0 Å². The Bertz CT molecular complexity index is 201. The molecule has 1 fully saturated rings. The summed E-state index contributed by atoms with van der Waals surface area (Å²) in [5, 5.41) is 0. The van der Waals surface area contributed by atoms with Gasteiger partial charge in [-0.3, -0.25) is 0 Å². The highest BCUT2D eigenvalue weighted by Crippen LogP contribution is 2.46. The molecule has 1 aliphatic heterocycles. The van der Waals surface area contributed by atoms with Gasteiger partial charge in [-0.1, -0.05) is 48.5 Å². The molecule has 1 saturated heterocycles. The molecule has 15 heavy (non-hydrogen) atoms. The second kappa shape index (κ2) is 4.45. The average Bonchev–Trinajstić information content (AvgIpc) is 2.14. The van der Waals surface area contributed by atoms with E-state index in [1.807, 2.05) is 0 Å². The van der Waals surface area contributed by atoms with E-state index < -0.39 is 0 Å². The van der Waals surface area contributed by atoms with E-state index >= 15 is 0 Å². The van der Waals surface area contributed by atoms with Crippen LogP contribution < -0.4 is 0 Å². The van der Waals surface area contributed by atoms with Crippen LogP contribution in [0.15, 0.2) is 0 Å². The van der Waals surface area contributed by atoms with E-state index in [-0.39, 0.29) is 0 Å². The van der Waals surface area contributed by atoms with Gasteiger partial charge in [-0.05, 0) is 29.6 Å². The Labute approximate surface area is 95.6 Å². The van der Waals surface area contributed by atoms with Crippen molar-refractivity contribution in [1.82, 2.24) is 0 Å². The summed E-state index contributed by atoms with van der Waals surface area (Å²) in [6.45, 7) is 16.3. The van der Waals surface area contributed by atoms with Gasteiger partial charge in [0.05, 0.1) is 12.2 Å². The van der Waals surface area contributed by atoms with Gasteiger partial charge < -0.3 is 4.74 Å². The fourth-order valence-electron chi connectivity index (χ4n) is 3.13. The summed E-state index contributed by atoms with van der Waals surface area (Å²) >= 11 is 0. The van der Waals surface area contributed by atoms with Crippen LogP contribution in [0.2, 0.25) is 0 Å². The van der Waals surface area contributed by atoms with Crippen LogP contribution in [0.5, 0.6) is 0 Å². The Balaban J connectivity index is 2.88. The van der Waals surface area contributed by atoms with Crippen LogP contribution in [0.1, 0.15) is 54.9 Å². The largest absolute Gasteiger partial charge is 0.374 e. The van der Waals surface area contributed by atoms with Crippen LogP contribution in [0.4, 0.5) is 0 Å². The minimum absolute atomic E-state index is 0.319. The quantitative estimate of drug-likeness (QED) is 0.669. The molecule has 0 aliphatic carbocycles. The monoisotopic (exact) mass is 212 g/mol. The maximum absolute atomic E-state index is 6.29. The van der Waals surface area contributed by atoms with Gasteiger partial charge in [0.1, 0.15) is 0 Å². The third-order valence-corrected chi connectivity index (χ3v) is 4.66. The molecule has 1 heteroatoms. The van der Waals surface area contributed by atoms with Gasteiger partial charge in [0.15, 0.2) is 0 Å². The van der Waals surface area contributed by atoms with Crippen LogP contribution in [-0.4, -0.2) is 12.2 Å². The third-order valence-electron chi connectivity index (χ3n) is 4.66. The summed E-state index contributed by atoms with van der Waals surface area (Å²) in [5.74, 6) is 2.04. The first-order chi connectivity index (χ1) is 6.82. The zero-order valence-corrected chi connectivity index (χ0v) is 11.5. The van der Waals surface area contributed by atoms with Crippen molar-refractivity contribution in [2.24, 2.45) is 23.2 Å². The molecule has 90 valence electrons. The van der Waals surface area contributed by atoms with E-state index in [9.17, 15) is 0 Å². The van der Waals surface area contributed by atoms with Crippen molar-refractivity contribution in [2.75, 3.05) is 0 Å². The first-order valence-electron chi connectivity index (χ1n) is 6.47. The van der Waals surface area contributed by atoms with E-state index in [1.54, 1.807) is 0 Å². The molecule has 3 unspecified atom stereocenters. The molecule has 0 spiro atoms. The number of ether oxygens (including phenoxy) is 1. The highest BCUT2D eigenvalue weighted by atomic mass is 16.5. The Hall–Kier alpha value is -0.0400. The fourth-order valence-corrected chi connectivity index (χ4v) is 3.13. The predicted octanol–water partition coefficient (Wildman–Crippen LogP) is 4.12. The minimum atomic E-state index is 0.319. The lowest BCUT2D eigenvalue weighted by Crippen LogP contribution is -2.52. The van der Waals surface area contributed by atoms with E-state index in [1.165, 1.54) is 0 Å². The smallest absolute Gasteiger partial charge is 0.0630 e. The summed E-state index contributed by atoms with van der Waals surface area (Å²) in [6, 6.07) is 0. The molecular weight excluding hydrogens is 184 g/mol. The molecule has 0 saturated carbocycles. The van der Waals surface area contributed by atoms with Crippen molar-refractivity contribution in [3.05, 3.63) is 0 Å². The van der Waals surface area contributed by atoms with Gasteiger partial charge in [0.25, 0.3) is 0 Å². The van der Waals surface area contributed by atoms with Gasteiger partial charge in [-0.15, -0.1) is 0 Å². The molecule has 1 nitrogen and oxygen atoms in total. The van der Waals surface area contributed by atoms with Crippen LogP contribution >= 0.6 is 0 Å². The molecule has 1 rings (SSSR count). The molecule has 0 aromatic heterocycles. The van der Waals surface area contributed by atoms with Crippen LogP contribution in [0.25, 0.3) is 0 Å². The summed E-state index contributed by atoms with van der Waals surface area (Å²) in [5.41, 5.74) is 0.319. The molecular formula is C14H28O. The molecule has 0 bridgehead atoms. The molecule has 1 aliphatic rings. The van der Waals surface area contributed by atoms with Gasteiger partial charge in [-0.25, -0.2) is 0 Å². The summed E-state index contributed by atoms with van der Waals surface area (Å²) in [7, 11) is 0. The number of hydrogen-bond donors (Lipinski definition) is 0. The van der Waals surface area contributed by atoms with E-state index in [0.29, 0.717) is 29.5 Å². The molecule has 0 amide bonds. The normalized spacial score (nSPS) is 40.8. The SMILES string of the molecule is CCC1OC(C(C)C)[C@H](C)C(C)C1(C)C.